The van der Waals surface area contributed by atoms with E-state index in [1.54, 1.807) is 5.38 Å². The Bertz CT molecular complexity index is 941. The van der Waals surface area contributed by atoms with Crippen LogP contribution in [-0.2, 0) is 9.53 Å². The molecular formula is C30H59F2N5O4S. The van der Waals surface area contributed by atoms with Crippen molar-refractivity contribution in [3.63, 3.8) is 0 Å². The van der Waals surface area contributed by atoms with Gasteiger partial charge in [0, 0.05) is 33.4 Å². The van der Waals surface area contributed by atoms with Crippen molar-refractivity contribution in [2.75, 3.05) is 57.9 Å². The first-order valence-electron chi connectivity index (χ1n) is 14.9. The lowest BCUT2D eigenvalue weighted by Crippen LogP contribution is -2.36. The van der Waals surface area contributed by atoms with Gasteiger partial charge in [-0.1, -0.05) is 61.3 Å². The number of morpholine rings is 1. The van der Waals surface area contributed by atoms with E-state index in [9.17, 15) is 13.6 Å². The number of nitrogens with zero attached hydrogens (tertiary/aromatic N) is 2. The topological polar surface area (TPSA) is 122 Å². The molecule has 1 saturated heterocycles. The second-order valence-electron chi connectivity index (χ2n) is 9.10. The maximum Gasteiger partial charge on any atom is 0.257 e. The lowest BCUT2D eigenvalue weighted by molar-refractivity contribution is -0.123. The third-order valence-corrected chi connectivity index (χ3v) is 6.50. The average Bonchev–Trinajstić information content (AvgIpc) is 3.51. The first-order valence-corrected chi connectivity index (χ1v) is 15.8. The minimum Gasteiger partial charge on any atom is -0.480 e. The van der Waals surface area contributed by atoms with Crippen LogP contribution >= 0.6 is 11.3 Å². The van der Waals surface area contributed by atoms with Gasteiger partial charge in [-0.15, -0.1) is 11.3 Å². The van der Waals surface area contributed by atoms with Crippen molar-refractivity contribution in [3.05, 3.63) is 29.1 Å². The number of hydrogen-bond acceptors (Lipinski definition) is 9. The summed E-state index contributed by atoms with van der Waals surface area (Å²) in [6.45, 7) is 18.6. The highest BCUT2D eigenvalue weighted by Crippen LogP contribution is 2.36. The highest BCUT2D eigenvalue weighted by Gasteiger charge is 2.21. The molecule has 1 aliphatic heterocycles. The Hall–Kier alpha value is -2.38. The third-order valence-electron chi connectivity index (χ3n) is 5.60. The molecule has 248 valence electrons. The van der Waals surface area contributed by atoms with Crippen molar-refractivity contribution < 1.29 is 31.1 Å². The second kappa shape index (κ2) is 27.5. The molecule has 12 heteroatoms. The Morgan fingerprint density at radius 3 is 2.33 bits per heavy atom. The summed E-state index contributed by atoms with van der Waals surface area (Å²) in [4.78, 5) is 18.7. The van der Waals surface area contributed by atoms with Crippen LogP contribution in [0.2, 0.25) is 0 Å². The normalized spacial score (nSPS) is 12.5. The van der Waals surface area contributed by atoms with E-state index in [0.717, 1.165) is 43.7 Å². The molecule has 1 atom stereocenters. The van der Waals surface area contributed by atoms with Gasteiger partial charge in [0.2, 0.25) is 5.82 Å². The van der Waals surface area contributed by atoms with E-state index in [0.29, 0.717) is 36.9 Å². The van der Waals surface area contributed by atoms with Crippen LogP contribution in [0.1, 0.15) is 77.0 Å². The van der Waals surface area contributed by atoms with Crippen LogP contribution in [0, 0.1) is 17.6 Å². The van der Waals surface area contributed by atoms with Gasteiger partial charge in [-0.05, 0) is 44.5 Å². The predicted octanol–water partition coefficient (Wildman–Crippen LogP) is 6.74. The maximum absolute atomic E-state index is 14.5. The SMILES string of the molecule is CC.CCC.CCC(C)CCNC(=O)COc1c(-c2csc(N3CCOCC3)n2)ccc(F)c1F.CCCNC.NO.[HH].[HH]. The van der Waals surface area contributed by atoms with Crippen LogP contribution in [0.25, 0.3) is 11.3 Å². The number of carbonyl (C=O) groups is 1. The Labute approximate surface area is 259 Å². The number of benzene rings is 1. The summed E-state index contributed by atoms with van der Waals surface area (Å²) >= 11 is 1.42. The fraction of sp³-hybridized carbons (Fsp3) is 0.667. The lowest BCUT2D eigenvalue weighted by atomic mass is 10.1. The molecule has 0 saturated carbocycles. The largest absolute Gasteiger partial charge is 0.480 e. The van der Waals surface area contributed by atoms with Crippen LogP contribution in [0.15, 0.2) is 17.5 Å². The predicted molar refractivity (Wildman–Crippen MR) is 175 cm³/mol. The van der Waals surface area contributed by atoms with Crippen molar-refractivity contribution >= 4 is 22.4 Å². The maximum atomic E-state index is 14.5. The van der Waals surface area contributed by atoms with Gasteiger partial charge in [0.25, 0.3) is 5.91 Å². The fourth-order valence-electron chi connectivity index (χ4n) is 3.26. The van der Waals surface area contributed by atoms with Gasteiger partial charge in [0.05, 0.1) is 18.9 Å². The van der Waals surface area contributed by atoms with E-state index in [1.807, 2.05) is 20.9 Å². The molecule has 5 N–H and O–H groups in total. The Kier molecular flexibility index (Phi) is 27.3. The second-order valence-corrected chi connectivity index (χ2v) is 9.94. The lowest BCUT2D eigenvalue weighted by Gasteiger charge is -2.26. The fourth-order valence-corrected chi connectivity index (χ4v) is 4.14. The van der Waals surface area contributed by atoms with E-state index in [1.165, 1.54) is 30.2 Å². The van der Waals surface area contributed by atoms with Gasteiger partial charge < -0.3 is 30.2 Å². The minimum absolute atomic E-state index is 0. The highest BCUT2D eigenvalue weighted by atomic mass is 32.1. The van der Waals surface area contributed by atoms with Crippen molar-refractivity contribution in [3.8, 4) is 17.0 Å². The zero-order chi connectivity index (χ0) is 32.3. The molecule has 1 unspecified atom stereocenters. The number of hydrogen-bond donors (Lipinski definition) is 4. The highest BCUT2D eigenvalue weighted by molar-refractivity contribution is 7.14. The Morgan fingerprint density at radius 1 is 1.19 bits per heavy atom. The molecule has 1 aromatic carbocycles. The summed E-state index contributed by atoms with van der Waals surface area (Å²) in [5, 5.41) is 14.8. The quantitative estimate of drug-likeness (QED) is 0.203. The molecule has 0 bridgehead atoms. The summed E-state index contributed by atoms with van der Waals surface area (Å²) in [5.41, 5.74) is 0.796. The number of anilines is 1. The number of aromatic nitrogens is 1. The summed E-state index contributed by atoms with van der Waals surface area (Å²) in [6, 6.07) is 2.46. The van der Waals surface area contributed by atoms with E-state index >= 15 is 0 Å². The van der Waals surface area contributed by atoms with Crippen molar-refractivity contribution in [2.45, 2.75) is 74.1 Å². The Morgan fingerprint density at radius 2 is 1.81 bits per heavy atom. The molecule has 1 amide bonds. The van der Waals surface area contributed by atoms with E-state index in [2.05, 4.69) is 61.0 Å². The molecule has 9 nitrogen and oxygen atoms in total. The van der Waals surface area contributed by atoms with Crippen LogP contribution in [0.4, 0.5) is 13.9 Å². The van der Waals surface area contributed by atoms with Crippen LogP contribution < -0.4 is 26.2 Å². The van der Waals surface area contributed by atoms with Crippen LogP contribution in [-0.4, -0.2) is 69.1 Å². The number of ether oxygens (including phenoxy) is 2. The summed E-state index contributed by atoms with van der Waals surface area (Å²) < 4.78 is 39.1. The van der Waals surface area contributed by atoms with Crippen molar-refractivity contribution in [1.82, 2.24) is 15.6 Å². The zero-order valence-electron chi connectivity index (χ0n) is 26.9. The van der Waals surface area contributed by atoms with Crippen LogP contribution in [0.3, 0.4) is 0 Å². The molecule has 0 spiro atoms. The van der Waals surface area contributed by atoms with Gasteiger partial charge in [-0.2, -0.15) is 4.39 Å². The van der Waals surface area contributed by atoms with Gasteiger partial charge in [0.1, 0.15) is 0 Å². The smallest absolute Gasteiger partial charge is 0.257 e. The minimum atomic E-state index is -1.12. The molecule has 1 aromatic heterocycles. The van der Waals surface area contributed by atoms with Gasteiger partial charge in [0.15, 0.2) is 23.3 Å². The number of amides is 1. The molecule has 2 aromatic rings. The van der Waals surface area contributed by atoms with E-state index in [-0.39, 0.29) is 14.5 Å². The molecule has 1 fully saturated rings. The molecular weight excluding hydrogens is 564 g/mol. The number of carbonyl (C=O) groups excluding carboxylic acids is 1. The van der Waals surface area contributed by atoms with Crippen molar-refractivity contribution in [2.24, 2.45) is 11.8 Å². The number of halogens is 2. The summed E-state index contributed by atoms with van der Waals surface area (Å²) in [6.07, 6.45) is 4.37. The van der Waals surface area contributed by atoms with Crippen LogP contribution in [0.5, 0.6) is 5.75 Å². The Balaban J connectivity index is -0.000000497. The molecule has 0 aliphatic carbocycles. The summed E-state index contributed by atoms with van der Waals surface area (Å²) in [7, 11) is 1.96. The first kappa shape index (κ1) is 41.8. The number of rotatable bonds is 11. The number of nitrogens with two attached hydrogens (primary N) is 1. The third kappa shape index (κ3) is 16.9. The zero-order valence-corrected chi connectivity index (χ0v) is 27.7. The molecule has 3 rings (SSSR count). The van der Waals surface area contributed by atoms with Gasteiger partial charge in [-0.3, -0.25) is 4.79 Å². The molecule has 0 radical (unpaired) electrons. The van der Waals surface area contributed by atoms with E-state index in [4.69, 9.17) is 14.7 Å². The molecule has 2 heterocycles. The number of thiazole rings is 1. The first-order chi connectivity index (χ1) is 20.3. The van der Waals surface area contributed by atoms with Gasteiger partial charge in [-0.25, -0.2) is 15.3 Å². The molecule has 1 aliphatic rings. The average molecular weight is 624 g/mol. The monoisotopic (exact) mass is 623 g/mol. The van der Waals surface area contributed by atoms with Crippen molar-refractivity contribution in [1.29, 1.82) is 0 Å². The standard InChI is InChI=1S/C21H27F2N3O3S.C4H11N.C3H8.C2H6.H3NO.2H2/c1-3-14(2)6-7-24-18(27)12-29-20-15(4-5-16(22)19(20)23)17-13-30-21(25-17)26-8-10-28-11-9-26;1-3-4-5-2;1-3-2;2*1-2;;/h4-5,13-14H,3,6-12H2,1-2H3,(H,24,27);5H,3-4H2,1-2H3;3H2,1-2H3;1-2H3;2H,1H2;2*1H. The van der Waals surface area contributed by atoms with Gasteiger partial charge >= 0.3 is 0 Å². The van der Waals surface area contributed by atoms with E-state index < -0.39 is 18.2 Å². The summed E-state index contributed by atoms with van der Waals surface area (Å²) in [5.74, 6) is 1.17. The number of nitrogens with one attached hydrogen (secondary N) is 2. The molecule has 42 heavy (non-hydrogen) atoms.